The average Bonchev–Trinajstić information content (AvgIpc) is 3.20. The topological polar surface area (TPSA) is 70.0 Å². The molecular weight excluding hydrogens is 442 g/mol. The van der Waals surface area contributed by atoms with Crippen molar-refractivity contribution in [3.05, 3.63) is 59.7 Å². The predicted molar refractivity (Wildman–Crippen MR) is 134 cm³/mol. The number of fused-ring (bicyclic) bond motifs is 1. The van der Waals surface area contributed by atoms with E-state index in [9.17, 15) is 13.2 Å². The minimum Gasteiger partial charge on any atom is -0.372 e. The van der Waals surface area contributed by atoms with Gasteiger partial charge in [0.15, 0.2) is 15.0 Å². The van der Waals surface area contributed by atoms with E-state index in [-0.39, 0.29) is 35.1 Å². The predicted octanol–water partition coefficient (Wildman–Crippen LogP) is 3.69. The van der Waals surface area contributed by atoms with E-state index in [1.807, 2.05) is 48.2 Å². The summed E-state index contributed by atoms with van der Waals surface area (Å²) in [5.74, 6) is 0.000318. The van der Waals surface area contributed by atoms with Gasteiger partial charge in [-0.1, -0.05) is 41.6 Å². The molecule has 2 aliphatic rings. The van der Waals surface area contributed by atoms with Gasteiger partial charge in [-0.05, 0) is 50.6 Å². The minimum absolute atomic E-state index is 0.0908. The van der Waals surface area contributed by atoms with Crippen molar-refractivity contribution in [2.45, 2.75) is 38.5 Å². The number of hydrogen-bond donors (Lipinski definition) is 0. The summed E-state index contributed by atoms with van der Waals surface area (Å²) in [7, 11) is -3.09. The van der Waals surface area contributed by atoms with Crippen molar-refractivity contribution >= 4 is 44.0 Å². The van der Waals surface area contributed by atoms with Gasteiger partial charge in [-0.2, -0.15) is 4.99 Å². The Balaban J connectivity index is 1.62. The molecule has 0 bridgehead atoms. The van der Waals surface area contributed by atoms with Crippen LogP contribution < -0.4 is 9.80 Å². The van der Waals surface area contributed by atoms with Crippen LogP contribution >= 0.6 is 11.8 Å². The van der Waals surface area contributed by atoms with Crippen LogP contribution in [0.5, 0.6) is 0 Å². The molecule has 32 heavy (non-hydrogen) atoms. The molecule has 4 rings (SSSR count). The first-order valence-electron chi connectivity index (χ1n) is 11.0. The smallest absolute Gasteiger partial charge is 0.252 e. The molecule has 0 N–H and O–H groups in total. The maximum Gasteiger partial charge on any atom is 0.252 e. The first-order valence-corrected chi connectivity index (χ1v) is 13.7. The van der Waals surface area contributed by atoms with E-state index in [2.05, 4.69) is 35.9 Å². The largest absolute Gasteiger partial charge is 0.372 e. The molecule has 170 valence electrons. The molecule has 2 aliphatic heterocycles. The molecule has 6 nitrogen and oxygen atoms in total. The minimum atomic E-state index is -3.09. The molecule has 0 unspecified atom stereocenters. The molecular formula is C24H29N3O3S2. The lowest BCUT2D eigenvalue weighted by Gasteiger charge is -2.26. The van der Waals surface area contributed by atoms with Gasteiger partial charge in [-0.25, -0.2) is 8.42 Å². The maximum absolute atomic E-state index is 12.8. The molecule has 2 saturated heterocycles. The number of hydrogen-bond acceptors (Lipinski definition) is 5. The Morgan fingerprint density at radius 1 is 1.12 bits per heavy atom. The van der Waals surface area contributed by atoms with E-state index in [1.54, 1.807) is 0 Å². The van der Waals surface area contributed by atoms with Gasteiger partial charge in [0, 0.05) is 29.7 Å². The van der Waals surface area contributed by atoms with Crippen LogP contribution in [-0.2, 0) is 21.1 Å². The third-order valence-corrected chi connectivity index (χ3v) is 9.19. The second-order valence-electron chi connectivity index (χ2n) is 8.31. The first kappa shape index (κ1) is 22.9. The quantitative estimate of drug-likeness (QED) is 0.640. The second kappa shape index (κ2) is 9.27. The van der Waals surface area contributed by atoms with Crippen LogP contribution in [0.3, 0.4) is 0 Å². The van der Waals surface area contributed by atoms with Gasteiger partial charge in [0.2, 0.25) is 0 Å². The van der Waals surface area contributed by atoms with Crippen LogP contribution in [0.1, 0.15) is 25.0 Å². The van der Waals surface area contributed by atoms with Gasteiger partial charge in [0.1, 0.15) is 0 Å². The number of nitrogens with zero attached hydrogens (tertiary/aromatic N) is 3. The zero-order chi connectivity index (χ0) is 22.9. The number of aryl methyl sites for hydroxylation is 1. The molecule has 2 aromatic carbocycles. The number of anilines is 2. The lowest BCUT2D eigenvalue weighted by atomic mass is 10.1. The van der Waals surface area contributed by atoms with E-state index in [4.69, 9.17) is 0 Å². The van der Waals surface area contributed by atoms with E-state index in [1.165, 1.54) is 11.8 Å². The van der Waals surface area contributed by atoms with Gasteiger partial charge in [-0.15, -0.1) is 0 Å². The van der Waals surface area contributed by atoms with Gasteiger partial charge in [0.05, 0.1) is 24.0 Å². The number of carbonyl (C=O) groups is 1. The Labute approximate surface area is 194 Å². The summed E-state index contributed by atoms with van der Waals surface area (Å²) in [6.45, 7) is 8.06. The Morgan fingerprint density at radius 3 is 2.50 bits per heavy atom. The molecule has 2 atom stereocenters. The zero-order valence-corrected chi connectivity index (χ0v) is 20.3. The van der Waals surface area contributed by atoms with Gasteiger partial charge in [-0.3, -0.25) is 4.79 Å². The number of sulfone groups is 1. The average molecular weight is 472 g/mol. The molecule has 0 aromatic heterocycles. The van der Waals surface area contributed by atoms with Crippen molar-refractivity contribution in [2.24, 2.45) is 4.99 Å². The number of rotatable bonds is 6. The van der Waals surface area contributed by atoms with Crippen LogP contribution in [0, 0.1) is 6.92 Å². The summed E-state index contributed by atoms with van der Waals surface area (Å²) in [5.41, 5.74) is 4.03. The molecule has 8 heteroatoms. The summed E-state index contributed by atoms with van der Waals surface area (Å²) in [6, 6.07) is 15.8. The molecule has 0 radical (unpaired) electrons. The fraction of sp³-hybridized carbons (Fsp3) is 0.417. The highest BCUT2D eigenvalue weighted by molar-refractivity contribution is 8.16. The standard InChI is InChI=1S/C24H29N3O3S2/c1-4-26(5-2)19-9-11-20(12-10-19)27-21-15-32(29,30)16-22(21)31-24(27)25-23(28)14-18-8-6-7-17(3)13-18/h6-13,21-22H,4-5,14-16H2,1-3H3/t21-,22-/m0/s1. The lowest BCUT2D eigenvalue weighted by Crippen LogP contribution is -2.37. The highest BCUT2D eigenvalue weighted by Crippen LogP contribution is 2.41. The van der Waals surface area contributed by atoms with Crippen LogP contribution in [0.25, 0.3) is 0 Å². The number of aliphatic imine (C=N–C) groups is 1. The summed E-state index contributed by atoms with van der Waals surface area (Å²) in [5, 5.41) is 0.496. The van der Waals surface area contributed by atoms with Crippen molar-refractivity contribution in [1.82, 2.24) is 0 Å². The fourth-order valence-electron chi connectivity index (χ4n) is 4.42. The zero-order valence-electron chi connectivity index (χ0n) is 18.7. The van der Waals surface area contributed by atoms with Crippen molar-refractivity contribution in [2.75, 3.05) is 34.4 Å². The number of benzene rings is 2. The SMILES string of the molecule is CCN(CC)c1ccc(N2C(=NC(=O)Cc3cccc(C)c3)S[C@H]3CS(=O)(=O)C[C@@H]32)cc1. The highest BCUT2D eigenvalue weighted by atomic mass is 32.2. The third kappa shape index (κ3) is 4.86. The summed E-state index contributed by atoms with van der Waals surface area (Å²) >= 11 is 1.41. The first-order chi connectivity index (χ1) is 15.3. The molecule has 2 aromatic rings. The molecule has 0 saturated carbocycles. The third-order valence-electron chi connectivity index (χ3n) is 5.98. The molecule has 1 amide bonds. The van der Waals surface area contributed by atoms with Crippen molar-refractivity contribution in [3.63, 3.8) is 0 Å². The number of carbonyl (C=O) groups excluding carboxylic acids is 1. The van der Waals surface area contributed by atoms with E-state index in [0.717, 1.165) is 35.6 Å². The summed E-state index contributed by atoms with van der Waals surface area (Å²) < 4.78 is 24.6. The Hall–Kier alpha value is -2.32. The highest BCUT2D eigenvalue weighted by Gasteiger charge is 2.49. The molecule has 2 fully saturated rings. The van der Waals surface area contributed by atoms with Gasteiger partial charge < -0.3 is 9.80 Å². The van der Waals surface area contributed by atoms with Crippen molar-refractivity contribution in [3.8, 4) is 0 Å². The maximum atomic E-state index is 12.8. The normalized spacial score (nSPS) is 22.8. The number of thioether (sulfide) groups is 1. The second-order valence-corrected chi connectivity index (χ2v) is 11.7. The van der Waals surface area contributed by atoms with E-state index >= 15 is 0 Å². The summed E-state index contributed by atoms with van der Waals surface area (Å²) in [4.78, 5) is 21.4. The Morgan fingerprint density at radius 2 is 1.84 bits per heavy atom. The molecule has 0 aliphatic carbocycles. The van der Waals surface area contributed by atoms with Crippen LogP contribution in [0.15, 0.2) is 53.5 Å². The molecule has 2 heterocycles. The Bertz CT molecular complexity index is 1130. The van der Waals surface area contributed by atoms with E-state index in [0.29, 0.717) is 5.17 Å². The van der Waals surface area contributed by atoms with Crippen molar-refractivity contribution in [1.29, 1.82) is 0 Å². The number of amides is 1. The van der Waals surface area contributed by atoms with Gasteiger partial charge in [0.25, 0.3) is 5.91 Å². The monoisotopic (exact) mass is 471 g/mol. The van der Waals surface area contributed by atoms with Gasteiger partial charge >= 0.3 is 0 Å². The van der Waals surface area contributed by atoms with Crippen LogP contribution in [0.2, 0.25) is 0 Å². The fourth-order valence-corrected chi connectivity index (χ4v) is 8.35. The van der Waals surface area contributed by atoms with Crippen LogP contribution in [-0.4, -0.2) is 55.4 Å². The number of amidine groups is 1. The lowest BCUT2D eigenvalue weighted by molar-refractivity contribution is -0.117. The van der Waals surface area contributed by atoms with Crippen LogP contribution in [0.4, 0.5) is 11.4 Å². The summed E-state index contributed by atoms with van der Waals surface area (Å²) in [6.07, 6.45) is 0.230. The molecule has 0 spiro atoms. The Kier molecular flexibility index (Phi) is 6.62. The van der Waals surface area contributed by atoms with Crippen molar-refractivity contribution < 1.29 is 13.2 Å². The van der Waals surface area contributed by atoms with E-state index < -0.39 is 9.84 Å².